The van der Waals surface area contributed by atoms with Gasteiger partial charge in [0.15, 0.2) is 0 Å². The molecule has 2 heterocycles. The van der Waals surface area contributed by atoms with Gasteiger partial charge in [-0.2, -0.15) is 0 Å². The van der Waals surface area contributed by atoms with Crippen LogP contribution in [0.5, 0.6) is 0 Å². The number of allylic oxidation sites excluding steroid dienone is 1. The van der Waals surface area contributed by atoms with E-state index in [0.717, 1.165) is 16.9 Å². The van der Waals surface area contributed by atoms with E-state index in [-0.39, 0.29) is 24.6 Å². The van der Waals surface area contributed by atoms with E-state index in [9.17, 15) is 14.3 Å². The Morgan fingerprint density at radius 2 is 1.91 bits per heavy atom. The number of nitrogens with zero attached hydrogens (tertiary/aromatic N) is 3. The summed E-state index contributed by atoms with van der Waals surface area (Å²) in [4.78, 5) is 24.3. The van der Waals surface area contributed by atoms with E-state index < -0.39 is 12.1 Å². The minimum absolute atomic E-state index is 0.0298. The largest absolute Gasteiger partial charge is 0.481 e. The van der Waals surface area contributed by atoms with Crippen LogP contribution < -0.4 is 5.32 Å². The predicted octanol–water partition coefficient (Wildman–Crippen LogP) is 5.34. The van der Waals surface area contributed by atoms with Gasteiger partial charge in [-0.05, 0) is 48.7 Å². The molecule has 1 unspecified atom stereocenters. The van der Waals surface area contributed by atoms with Gasteiger partial charge >= 0.3 is 5.97 Å². The zero-order valence-corrected chi connectivity index (χ0v) is 19.1. The third-order valence-corrected chi connectivity index (χ3v) is 4.95. The van der Waals surface area contributed by atoms with E-state index >= 15 is 0 Å². The zero-order chi connectivity index (χ0) is 24.7. The number of pyridine rings is 1. The zero-order valence-electron chi connectivity index (χ0n) is 19.1. The van der Waals surface area contributed by atoms with Gasteiger partial charge in [0.2, 0.25) is 5.95 Å². The summed E-state index contributed by atoms with van der Waals surface area (Å²) >= 11 is 0. The van der Waals surface area contributed by atoms with Crippen molar-refractivity contribution in [2.24, 2.45) is 0 Å². The normalized spacial score (nSPS) is 12.1. The number of aliphatic hydroxyl groups is 1. The molecule has 0 saturated carbocycles. The molecule has 8 heteroatoms. The summed E-state index contributed by atoms with van der Waals surface area (Å²) in [6.45, 7) is 7.94. The van der Waals surface area contributed by atoms with Gasteiger partial charge in [-0.15, -0.1) is 0 Å². The lowest BCUT2D eigenvalue weighted by atomic mass is 9.97. The number of carbonyl (C=O) groups is 1. The van der Waals surface area contributed by atoms with Crippen molar-refractivity contribution in [1.29, 1.82) is 0 Å². The summed E-state index contributed by atoms with van der Waals surface area (Å²) in [5.74, 6) is -1.02. The van der Waals surface area contributed by atoms with E-state index in [0.29, 0.717) is 22.8 Å². The number of hydrogen-bond donors (Lipinski definition) is 3. The number of rotatable bonds is 10. The number of hydrogen-bond acceptors (Lipinski definition) is 6. The molecule has 1 atom stereocenters. The van der Waals surface area contributed by atoms with Gasteiger partial charge < -0.3 is 15.5 Å². The lowest BCUT2D eigenvalue weighted by Gasteiger charge is -2.17. The molecular weight excluding hydrogens is 435 g/mol. The molecule has 3 rings (SSSR count). The van der Waals surface area contributed by atoms with E-state index in [1.807, 2.05) is 19.9 Å². The molecule has 0 saturated heterocycles. The Morgan fingerprint density at radius 3 is 2.53 bits per heavy atom. The summed E-state index contributed by atoms with van der Waals surface area (Å²) in [5.41, 5.74) is 4.08. The van der Waals surface area contributed by atoms with Crippen LogP contribution in [0.4, 0.5) is 16.0 Å². The Bertz CT molecular complexity index is 1180. The SMILES string of the molecule is C=C(/C=C/c1c(-c2ccc(F)cc2)nc(Nc2cccnc2)nc1C(C)C)CC(O)CC(=O)O. The number of aliphatic hydroxyl groups excluding tert-OH is 1. The summed E-state index contributed by atoms with van der Waals surface area (Å²) in [6, 6.07) is 9.69. The Hall–Kier alpha value is -3.91. The van der Waals surface area contributed by atoms with Crippen molar-refractivity contribution in [3.8, 4) is 11.3 Å². The molecule has 0 bridgehead atoms. The maximum absolute atomic E-state index is 13.6. The Balaban J connectivity index is 2.04. The highest BCUT2D eigenvalue weighted by molar-refractivity contribution is 5.76. The molecular formula is C26H27FN4O3. The first-order chi connectivity index (χ1) is 16.2. The lowest BCUT2D eigenvalue weighted by molar-refractivity contribution is -0.139. The molecule has 1 aromatic carbocycles. The molecule has 0 fully saturated rings. The molecule has 2 aromatic heterocycles. The van der Waals surface area contributed by atoms with E-state index in [1.54, 1.807) is 42.7 Å². The molecule has 7 nitrogen and oxygen atoms in total. The van der Waals surface area contributed by atoms with Crippen molar-refractivity contribution in [2.75, 3.05) is 5.32 Å². The number of benzene rings is 1. The highest BCUT2D eigenvalue weighted by Crippen LogP contribution is 2.31. The second-order valence-electron chi connectivity index (χ2n) is 8.17. The fraction of sp³-hybridized carbons (Fsp3) is 0.231. The van der Waals surface area contributed by atoms with E-state index in [4.69, 9.17) is 15.1 Å². The minimum atomic E-state index is -1.07. The van der Waals surface area contributed by atoms with Crippen LogP contribution in [0.2, 0.25) is 0 Å². The van der Waals surface area contributed by atoms with E-state index in [1.165, 1.54) is 12.1 Å². The summed E-state index contributed by atoms with van der Waals surface area (Å²) < 4.78 is 13.6. The van der Waals surface area contributed by atoms with E-state index in [2.05, 4.69) is 16.9 Å². The fourth-order valence-corrected chi connectivity index (χ4v) is 3.39. The van der Waals surface area contributed by atoms with Crippen LogP contribution in [-0.4, -0.2) is 37.2 Å². The Kier molecular flexibility index (Phi) is 8.21. The second kappa shape index (κ2) is 11.3. The molecule has 34 heavy (non-hydrogen) atoms. The van der Waals surface area contributed by atoms with Gasteiger partial charge in [0.1, 0.15) is 5.82 Å². The van der Waals surface area contributed by atoms with Crippen LogP contribution in [0.25, 0.3) is 17.3 Å². The molecule has 0 aliphatic heterocycles. The highest BCUT2D eigenvalue weighted by Gasteiger charge is 2.17. The predicted molar refractivity (Wildman–Crippen MR) is 130 cm³/mol. The van der Waals surface area contributed by atoms with Crippen LogP contribution in [0, 0.1) is 5.82 Å². The maximum Gasteiger partial charge on any atom is 0.305 e. The lowest BCUT2D eigenvalue weighted by Crippen LogP contribution is -2.12. The summed E-state index contributed by atoms with van der Waals surface area (Å²) in [7, 11) is 0. The molecule has 3 N–H and O–H groups in total. The standard InChI is InChI=1S/C26H27FN4O3/c1-16(2)24-22(11-6-17(3)13-21(32)14-23(33)34)25(18-7-9-19(27)10-8-18)31-26(30-24)29-20-5-4-12-28-15-20/h4-12,15-16,21,32H,3,13-14H2,1-2H3,(H,33,34)(H,29,30,31)/b11-6+. The van der Waals surface area contributed by atoms with Crippen molar-refractivity contribution in [2.45, 2.75) is 38.7 Å². The number of carboxylic acids is 1. The Labute approximate surface area is 197 Å². The fourth-order valence-electron chi connectivity index (χ4n) is 3.39. The molecule has 0 spiro atoms. The van der Waals surface area contributed by atoms with Crippen molar-refractivity contribution in [3.63, 3.8) is 0 Å². The highest BCUT2D eigenvalue weighted by atomic mass is 19.1. The number of nitrogens with one attached hydrogen (secondary N) is 1. The summed E-state index contributed by atoms with van der Waals surface area (Å²) in [5, 5.41) is 21.9. The number of aliphatic carboxylic acids is 1. The van der Waals surface area contributed by atoms with Gasteiger partial charge in [-0.3, -0.25) is 9.78 Å². The van der Waals surface area contributed by atoms with Crippen LogP contribution in [-0.2, 0) is 4.79 Å². The summed E-state index contributed by atoms with van der Waals surface area (Å²) in [6.07, 6.45) is 5.59. The number of anilines is 2. The van der Waals surface area contributed by atoms with Gasteiger partial charge in [0.05, 0.1) is 35.8 Å². The van der Waals surface area contributed by atoms with Crippen molar-refractivity contribution in [3.05, 3.63) is 84.1 Å². The van der Waals surface area contributed by atoms with Crippen molar-refractivity contribution < 1.29 is 19.4 Å². The first kappa shape index (κ1) is 24.7. The average Bonchev–Trinajstić information content (AvgIpc) is 2.78. The van der Waals surface area contributed by atoms with Gasteiger partial charge in [0, 0.05) is 17.3 Å². The third-order valence-electron chi connectivity index (χ3n) is 4.95. The van der Waals surface area contributed by atoms with Gasteiger partial charge in [-0.1, -0.05) is 38.2 Å². The molecule has 0 aliphatic carbocycles. The van der Waals surface area contributed by atoms with Crippen molar-refractivity contribution >= 4 is 23.7 Å². The van der Waals surface area contributed by atoms with Crippen molar-refractivity contribution in [1.82, 2.24) is 15.0 Å². The second-order valence-corrected chi connectivity index (χ2v) is 8.17. The quantitative estimate of drug-likeness (QED) is 0.349. The number of carboxylic acid groups (broad SMARTS) is 1. The van der Waals surface area contributed by atoms with Crippen LogP contribution >= 0.6 is 0 Å². The average molecular weight is 463 g/mol. The van der Waals surface area contributed by atoms with Crippen LogP contribution in [0.1, 0.15) is 43.9 Å². The van der Waals surface area contributed by atoms with Gasteiger partial charge in [-0.25, -0.2) is 14.4 Å². The minimum Gasteiger partial charge on any atom is -0.481 e. The molecule has 3 aromatic rings. The monoisotopic (exact) mass is 462 g/mol. The molecule has 0 radical (unpaired) electrons. The molecule has 0 aliphatic rings. The molecule has 0 amide bonds. The van der Waals surface area contributed by atoms with Crippen LogP contribution in [0.15, 0.2) is 67.0 Å². The van der Waals surface area contributed by atoms with Crippen LogP contribution in [0.3, 0.4) is 0 Å². The number of halogens is 1. The number of aromatic nitrogens is 3. The van der Waals surface area contributed by atoms with Gasteiger partial charge in [0.25, 0.3) is 0 Å². The topological polar surface area (TPSA) is 108 Å². The Morgan fingerprint density at radius 1 is 1.18 bits per heavy atom. The third kappa shape index (κ3) is 6.79. The first-order valence-corrected chi connectivity index (χ1v) is 10.8. The molecule has 176 valence electrons. The first-order valence-electron chi connectivity index (χ1n) is 10.8. The smallest absolute Gasteiger partial charge is 0.305 e. The maximum atomic E-state index is 13.6.